The molecule has 0 saturated carbocycles. The van der Waals surface area contributed by atoms with Crippen LogP contribution in [0.15, 0.2) is 18.2 Å². The molecule has 1 aliphatic rings. The Kier molecular flexibility index (Phi) is 4.37. The molecule has 1 aromatic carbocycles. The molecule has 1 amide bonds. The zero-order valence-corrected chi connectivity index (χ0v) is 11.3. The SMILES string of the molecule is CC(C)CCC(=O)NCc1ccc2c(c1)CNC2. The summed E-state index contributed by atoms with van der Waals surface area (Å²) in [5, 5.41) is 6.31. The quantitative estimate of drug-likeness (QED) is 0.837. The molecular formula is C15H22N2O. The molecule has 1 heterocycles. The van der Waals surface area contributed by atoms with Gasteiger partial charge in [-0.25, -0.2) is 0 Å². The molecule has 1 aromatic rings. The zero-order chi connectivity index (χ0) is 13.0. The monoisotopic (exact) mass is 246 g/mol. The van der Waals surface area contributed by atoms with Crippen molar-refractivity contribution in [2.75, 3.05) is 0 Å². The molecular weight excluding hydrogens is 224 g/mol. The molecule has 18 heavy (non-hydrogen) atoms. The lowest BCUT2D eigenvalue weighted by molar-refractivity contribution is -0.121. The zero-order valence-electron chi connectivity index (χ0n) is 11.3. The predicted molar refractivity (Wildman–Crippen MR) is 72.9 cm³/mol. The average molecular weight is 246 g/mol. The van der Waals surface area contributed by atoms with Crippen molar-refractivity contribution < 1.29 is 4.79 Å². The van der Waals surface area contributed by atoms with Crippen molar-refractivity contribution in [1.29, 1.82) is 0 Å². The molecule has 2 N–H and O–H groups in total. The summed E-state index contributed by atoms with van der Waals surface area (Å²) < 4.78 is 0. The van der Waals surface area contributed by atoms with Crippen molar-refractivity contribution in [2.24, 2.45) is 5.92 Å². The molecule has 0 aliphatic carbocycles. The van der Waals surface area contributed by atoms with E-state index in [1.165, 1.54) is 16.7 Å². The second-order valence-corrected chi connectivity index (χ2v) is 5.42. The van der Waals surface area contributed by atoms with Gasteiger partial charge in [-0.2, -0.15) is 0 Å². The lowest BCUT2D eigenvalue weighted by Crippen LogP contribution is -2.22. The Morgan fingerprint density at radius 1 is 1.33 bits per heavy atom. The highest BCUT2D eigenvalue weighted by atomic mass is 16.1. The largest absolute Gasteiger partial charge is 0.352 e. The first-order valence-corrected chi connectivity index (χ1v) is 6.73. The fraction of sp³-hybridized carbons (Fsp3) is 0.533. The second-order valence-electron chi connectivity index (χ2n) is 5.42. The summed E-state index contributed by atoms with van der Waals surface area (Å²) in [6, 6.07) is 6.46. The number of carbonyl (C=O) groups excluding carboxylic acids is 1. The van der Waals surface area contributed by atoms with Gasteiger partial charge in [0.1, 0.15) is 0 Å². The van der Waals surface area contributed by atoms with Crippen molar-refractivity contribution in [3.63, 3.8) is 0 Å². The molecule has 2 rings (SSSR count). The fourth-order valence-electron chi connectivity index (χ4n) is 2.17. The minimum atomic E-state index is 0.155. The van der Waals surface area contributed by atoms with E-state index in [0.29, 0.717) is 18.9 Å². The molecule has 0 unspecified atom stereocenters. The molecule has 3 nitrogen and oxygen atoms in total. The van der Waals surface area contributed by atoms with Crippen LogP contribution in [0.1, 0.15) is 43.4 Å². The van der Waals surface area contributed by atoms with Crippen molar-refractivity contribution in [3.8, 4) is 0 Å². The topological polar surface area (TPSA) is 41.1 Å². The first kappa shape index (κ1) is 13.1. The summed E-state index contributed by atoms with van der Waals surface area (Å²) in [6.45, 7) is 6.84. The first-order chi connectivity index (χ1) is 8.65. The molecule has 0 aromatic heterocycles. The molecule has 0 bridgehead atoms. The molecule has 0 spiro atoms. The Balaban J connectivity index is 1.81. The molecule has 98 valence electrons. The third kappa shape index (κ3) is 3.57. The second kappa shape index (κ2) is 6.01. The normalized spacial score (nSPS) is 13.7. The Labute approximate surface area is 109 Å². The summed E-state index contributed by atoms with van der Waals surface area (Å²) in [5.74, 6) is 0.740. The number of hydrogen-bond acceptors (Lipinski definition) is 2. The minimum absolute atomic E-state index is 0.155. The van der Waals surface area contributed by atoms with E-state index in [1.54, 1.807) is 0 Å². The van der Waals surface area contributed by atoms with Crippen LogP contribution >= 0.6 is 0 Å². The van der Waals surface area contributed by atoms with Gasteiger partial charge in [0, 0.05) is 26.1 Å². The number of amides is 1. The van der Waals surface area contributed by atoms with Crippen molar-refractivity contribution >= 4 is 5.91 Å². The average Bonchev–Trinajstić information content (AvgIpc) is 2.81. The lowest BCUT2D eigenvalue weighted by atomic mass is 10.1. The van der Waals surface area contributed by atoms with E-state index in [1.807, 2.05) is 0 Å². The highest BCUT2D eigenvalue weighted by Crippen LogP contribution is 2.16. The minimum Gasteiger partial charge on any atom is -0.352 e. The van der Waals surface area contributed by atoms with Gasteiger partial charge in [0.05, 0.1) is 0 Å². The third-order valence-corrected chi connectivity index (χ3v) is 3.34. The predicted octanol–water partition coefficient (Wildman–Crippen LogP) is 2.34. The summed E-state index contributed by atoms with van der Waals surface area (Å²) >= 11 is 0. The van der Waals surface area contributed by atoms with E-state index in [0.717, 1.165) is 19.5 Å². The van der Waals surface area contributed by atoms with E-state index in [2.05, 4.69) is 42.7 Å². The third-order valence-electron chi connectivity index (χ3n) is 3.34. The van der Waals surface area contributed by atoms with E-state index in [4.69, 9.17) is 0 Å². The van der Waals surface area contributed by atoms with E-state index < -0.39 is 0 Å². The lowest BCUT2D eigenvalue weighted by Gasteiger charge is -2.08. The molecule has 3 heteroatoms. The number of benzene rings is 1. The maximum Gasteiger partial charge on any atom is 0.220 e. The number of hydrogen-bond donors (Lipinski definition) is 2. The number of fused-ring (bicyclic) bond motifs is 1. The Morgan fingerprint density at radius 3 is 2.89 bits per heavy atom. The highest BCUT2D eigenvalue weighted by Gasteiger charge is 2.10. The van der Waals surface area contributed by atoms with E-state index >= 15 is 0 Å². The maximum atomic E-state index is 11.6. The molecule has 0 radical (unpaired) electrons. The summed E-state index contributed by atoms with van der Waals surface area (Å²) in [4.78, 5) is 11.6. The van der Waals surface area contributed by atoms with Gasteiger partial charge in [0.2, 0.25) is 5.91 Å². The standard InChI is InChI=1S/C15H22N2O/c1-11(2)3-6-15(18)17-8-12-4-5-13-9-16-10-14(13)7-12/h4-5,7,11,16H,3,6,8-10H2,1-2H3,(H,17,18). The molecule has 1 aliphatic heterocycles. The Bertz CT molecular complexity index is 427. The van der Waals surface area contributed by atoms with Gasteiger partial charge in [-0.05, 0) is 29.0 Å². The van der Waals surface area contributed by atoms with Crippen LogP contribution < -0.4 is 10.6 Å². The van der Waals surface area contributed by atoms with Crippen LogP contribution in [0, 0.1) is 5.92 Å². The molecule has 0 saturated heterocycles. The smallest absolute Gasteiger partial charge is 0.220 e. The summed E-state index contributed by atoms with van der Waals surface area (Å²) in [6.07, 6.45) is 1.59. The van der Waals surface area contributed by atoms with Crippen LogP contribution in [0.5, 0.6) is 0 Å². The molecule has 0 atom stereocenters. The Hall–Kier alpha value is -1.35. The van der Waals surface area contributed by atoms with Crippen molar-refractivity contribution in [3.05, 3.63) is 34.9 Å². The number of carbonyl (C=O) groups is 1. The van der Waals surface area contributed by atoms with Gasteiger partial charge in [0.25, 0.3) is 0 Å². The first-order valence-electron chi connectivity index (χ1n) is 6.73. The van der Waals surface area contributed by atoms with Gasteiger partial charge in [-0.3, -0.25) is 4.79 Å². The van der Waals surface area contributed by atoms with Crippen LogP contribution in [0.25, 0.3) is 0 Å². The van der Waals surface area contributed by atoms with Gasteiger partial charge in [-0.1, -0.05) is 32.0 Å². The van der Waals surface area contributed by atoms with Crippen molar-refractivity contribution in [2.45, 2.75) is 46.3 Å². The van der Waals surface area contributed by atoms with Gasteiger partial charge >= 0.3 is 0 Å². The van der Waals surface area contributed by atoms with Crippen LogP contribution in [-0.4, -0.2) is 5.91 Å². The van der Waals surface area contributed by atoms with Crippen LogP contribution in [-0.2, 0) is 24.4 Å². The highest BCUT2D eigenvalue weighted by molar-refractivity contribution is 5.75. The van der Waals surface area contributed by atoms with E-state index in [9.17, 15) is 4.79 Å². The number of rotatable bonds is 5. The molecule has 0 fully saturated rings. The summed E-state index contributed by atoms with van der Waals surface area (Å²) in [5.41, 5.74) is 3.93. The van der Waals surface area contributed by atoms with Gasteiger partial charge < -0.3 is 10.6 Å². The van der Waals surface area contributed by atoms with Gasteiger partial charge in [0.15, 0.2) is 0 Å². The van der Waals surface area contributed by atoms with Crippen LogP contribution in [0.3, 0.4) is 0 Å². The number of nitrogens with one attached hydrogen (secondary N) is 2. The van der Waals surface area contributed by atoms with E-state index in [-0.39, 0.29) is 5.91 Å². The maximum absolute atomic E-state index is 11.6. The Morgan fingerprint density at radius 2 is 2.11 bits per heavy atom. The van der Waals surface area contributed by atoms with Crippen LogP contribution in [0.4, 0.5) is 0 Å². The van der Waals surface area contributed by atoms with Gasteiger partial charge in [-0.15, -0.1) is 0 Å². The van der Waals surface area contributed by atoms with Crippen molar-refractivity contribution in [1.82, 2.24) is 10.6 Å². The van der Waals surface area contributed by atoms with Crippen LogP contribution in [0.2, 0.25) is 0 Å². The summed E-state index contributed by atoms with van der Waals surface area (Å²) in [7, 11) is 0. The fourth-order valence-corrected chi connectivity index (χ4v) is 2.17.